The summed E-state index contributed by atoms with van der Waals surface area (Å²) in [6, 6.07) is 0. The van der Waals surface area contributed by atoms with Gasteiger partial charge >= 0.3 is 5.97 Å². The van der Waals surface area contributed by atoms with Crippen molar-refractivity contribution in [2.45, 2.75) is 39.0 Å². The highest BCUT2D eigenvalue weighted by Crippen LogP contribution is 2.38. The Labute approximate surface area is 120 Å². The van der Waals surface area contributed by atoms with Crippen LogP contribution in [-0.2, 0) is 11.2 Å². The number of aryl methyl sites for hydroxylation is 3. The summed E-state index contributed by atoms with van der Waals surface area (Å²) in [4.78, 5) is 16.9. The van der Waals surface area contributed by atoms with Crippen molar-refractivity contribution in [2.75, 3.05) is 5.32 Å². The molecule has 3 rings (SSSR count). The monoisotopic (exact) mass is 292 g/mol. The molecule has 2 aromatic rings. The van der Waals surface area contributed by atoms with Gasteiger partial charge in [0.2, 0.25) is 0 Å². The number of rotatable bonds is 3. The number of anilines is 2. The molecule has 7 heteroatoms. The molecule has 1 aliphatic rings. The first kappa shape index (κ1) is 13.1. The molecule has 2 aromatic heterocycles. The largest absolute Gasteiger partial charge is 0.481 e. The van der Waals surface area contributed by atoms with Gasteiger partial charge in [0.25, 0.3) is 0 Å². The highest BCUT2D eigenvalue weighted by molar-refractivity contribution is 7.15. The summed E-state index contributed by atoms with van der Waals surface area (Å²) in [5.41, 5.74) is 3.48. The lowest BCUT2D eigenvalue weighted by molar-refractivity contribution is -0.139. The van der Waals surface area contributed by atoms with Gasteiger partial charge in [-0.05, 0) is 33.1 Å². The van der Waals surface area contributed by atoms with Gasteiger partial charge in [-0.15, -0.1) is 11.3 Å². The molecule has 20 heavy (non-hydrogen) atoms. The lowest BCUT2D eigenvalue weighted by Crippen LogP contribution is -2.17. The van der Waals surface area contributed by atoms with Crippen molar-refractivity contribution >= 4 is 28.1 Å². The van der Waals surface area contributed by atoms with Crippen LogP contribution in [0.25, 0.3) is 0 Å². The zero-order chi connectivity index (χ0) is 14.3. The van der Waals surface area contributed by atoms with Crippen LogP contribution < -0.4 is 5.32 Å². The van der Waals surface area contributed by atoms with Crippen molar-refractivity contribution in [3.63, 3.8) is 0 Å². The molecule has 0 saturated carbocycles. The summed E-state index contributed by atoms with van der Waals surface area (Å²) in [7, 11) is 0. The fourth-order valence-electron chi connectivity index (χ4n) is 2.55. The number of aromatic amines is 1. The Kier molecular flexibility index (Phi) is 3.21. The molecule has 106 valence electrons. The quantitative estimate of drug-likeness (QED) is 0.809. The first-order valence-corrected chi connectivity index (χ1v) is 7.39. The average molecular weight is 292 g/mol. The van der Waals surface area contributed by atoms with Crippen LogP contribution in [0.4, 0.5) is 10.8 Å². The van der Waals surface area contributed by atoms with Crippen molar-refractivity contribution in [1.29, 1.82) is 0 Å². The maximum absolute atomic E-state index is 11.3. The SMILES string of the molecule is Cc1n[nH]c(C)c1Nc1nc2c(s1)CCCC2C(=O)O. The summed E-state index contributed by atoms with van der Waals surface area (Å²) < 4.78 is 0. The summed E-state index contributed by atoms with van der Waals surface area (Å²) in [5.74, 6) is -1.24. The molecular weight excluding hydrogens is 276 g/mol. The normalized spacial score (nSPS) is 17.8. The van der Waals surface area contributed by atoms with E-state index in [-0.39, 0.29) is 0 Å². The van der Waals surface area contributed by atoms with Gasteiger partial charge in [-0.2, -0.15) is 5.10 Å². The number of thiazole rings is 1. The molecule has 0 spiro atoms. The molecule has 6 nitrogen and oxygen atoms in total. The van der Waals surface area contributed by atoms with Crippen LogP contribution in [0.15, 0.2) is 0 Å². The fourth-order valence-corrected chi connectivity index (χ4v) is 3.62. The Morgan fingerprint density at radius 2 is 2.30 bits per heavy atom. The van der Waals surface area contributed by atoms with E-state index in [1.165, 1.54) is 0 Å². The summed E-state index contributed by atoms with van der Waals surface area (Å²) >= 11 is 1.54. The van der Waals surface area contributed by atoms with E-state index in [4.69, 9.17) is 0 Å². The molecule has 0 aromatic carbocycles. The second-order valence-electron chi connectivity index (χ2n) is 5.04. The molecule has 0 bridgehead atoms. The number of carboxylic acid groups (broad SMARTS) is 1. The van der Waals surface area contributed by atoms with Gasteiger partial charge in [-0.3, -0.25) is 9.89 Å². The maximum Gasteiger partial charge on any atom is 0.312 e. The van der Waals surface area contributed by atoms with E-state index in [0.29, 0.717) is 6.42 Å². The Morgan fingerprint density at radius 3 is 2.95 bits per heavy atom. The summed E-state index contributed by atoms with van der Waals surface area (Å²) in [6.07, 6.45) is 2.51. The minimum absolute atomic E-state index is 0.461. The second-order valence-corrected chi connectivity index (χ2v) is 6.13. The highest BCUT2D eigenvalue weighted by atomic mass is 32.1. The van der Waals surface area contributed by atoms with Gasteiger partial charge in [-0.25, -0.2) is 4.98 Å². The van der Waals surface area contributed by atoms with E-state index in [1.807, 2.05) is 13.8 Å². The van der Waals surface area contributed by atoms with Gasteiger partial charge in [0.15, 0.2) is 5.13 Å². The molecule has 1 unspecified atom stereocenters. The van der Waals surface area contributed by atoms with Crippen LogP contribution in [-0.4, -0.2) is 26.3 Å². The first-order valence-electron chi connectivity index (χ1n) is 6.57. The standard InChI is InChI=1S/C13H16N4O2S/c1-6-10(7(2)17-16-6)14-13-15-11-8(12(18)19)4-3-5-9(11)20-13/h8H,3-5H2,1-2H3,(H,14,15)(H,16,17)(H,18,19). The zero-order valence-electron chi connectivity index (χ0n) is 11.4. The van der Waals surface area contributed by atoms with Crippen LogP contribution in [0, 0.1) is 13.8 Å². The Balaban J connectivity index is 1.92. The molecule has 0 aliphatic heterocycles. The number of carboxylic acids is 1. The molecule has 1 aliphatic carbocycles. The molecule has 0 saturated heterocycles. The highest BCUT2D eigenvalue weighted by Gasteiger charge is 2.30. The van der Waals surface area contributed by atoms with Crippen LogP contribution in [0.3, 0.4) is 0 Å². The van der Waals surface area contributed by atoms with Gasteiger partial charge in [0.1, 0.15) is 5.92 Å². The Morgan fingerprint density at radius 1 is 1.50 bits per heavy atom. The van der Waals surface area contributed by atoms with Crippen LogP contribution >= 0.6 is 11.3 Å². The topological polar surface area (TPSA) is 90.9 Å². The lowest BCUT2D eigenvalue weighted by atomic mass is 9.91. The molecule has 0 fully saturated rings. The van der Waals surface area contributed by atoms with Crippen molar-refractivity contribution in [2.24, 2.45) is 0 Å². The van der Waals surface area contributed by atoms with E-state index in [2.05, 4.69) is 20.5 Å². The molecule has 0 radical (unpaired) electrons. The number of fused-ring (bicyclic) bond motifs is 1. The number of hydrogen-bond acceptors (Lipinski definition) is 5. The summed E-state index contributed by atoms with van der Waals surface area (Å²) in [5, 5.41) is 20.3. The fraction of sp³-hybridized carbons (Fsp3) is 0.462. The van der Waals surface area contributed by atoms with Crippen molar-refractivity contribution < 1.29 is 9.90 Å². The average Bonchev–Trinajstić information content (AvgIpc) is 2.95. The third kappa shape index (κ3) is 2.18. The van der Waals surface area contributed by atoms with E-state index in [9.17, 15) is 9.90 Å². The van der Waals surface area contributed by atoms with Crippen LogP contribution in [0.2, 0.25) is 0 Å². The molecule has 3 N–H and O–H groups in total. The molecule has 1 atom stereocenters. The van der Waals surface area contributed by atoms with Crippen LogP contribution in [0.5, 0.6) is 0 Å². The number of nitrogens with one attached hydrogen (secondary N) is 2. The van der Waals surface area contributed by atoms with Crippen LogP contribution in [0.1, 0.15) is 40.7 Å². The minimum atomic E-state index is -0.779. The third-order valence-electron chi connectivity index (χ3n) is 3.61. The van der Waals surface area contributed by atoms with E-state index in [0.717, 1.165) is 45.6 Å². The number of carbonyl (C=O) groups is 1. The van der Waals surface area contributed by atoms with Crippen molar-refractivity contribution in [3.05, 3.63) is 22.0 Å². The first-order chi connectivity index (χ1) is 9.56. The zero-order valence-corrected chi connectivity index (χ0v) is 12.2. The molecule has 0 amide bonds. The van der Waals surface area contributed by atoms with Gasteiger partial charge in [0.05, 0.1) is 22.8 Å². The van der Waals surface area contributed by atoms with Gasteiger partial charge in [0, 0.05) is 4.88 Å². The Hall–Kier alpha value is -1.89. The van der Waals surface area contributed by atoms with Crippen molar-refractivity contribution in [3.8, 4) is 0 Å². The van der Waals surface area contributed by atoms with E-state index in [1.54, 1.807) is 11.3 Å². The molecular formula is C13H16N4O2S. The Bertz CT molecular complexity index is 642. The molecule has 2 heterocycles. The second kappa shape index (κ2) is 4.90. The summed E-state index contributed by atoms with van der Waals surface area (Å²) in [6.45, 7) is 3.86. The number of nitrogens with zero attached hydrogens (tertiary/aromatic N) is 2. The number of aromatic nitrogens is 3. The predicted octanol–water partition coefficient (Wildman–Crippen LogP) is 2.73. The van der Waals surface area contributed by atoms with E-state index < -0.39 is 11.9 Å². The number of H-pyrrole nitrogens is 1. The third-order valence-corrected chi connectivity index (χ3v) is 4.66. The van der Waals surface area contributed by atoms with Gasteiger partial charge in [-0.1, -0.05) is 0 Å². The van der Waals surface area contributed by atoms with Crippen molar-refractivity contribution in [1.82, 2.24) is 15.2 Å². The maximum atomic E-state index is 11.3. The number of aliphatic carboxylic acids is 1. The van der Waals surface area contributed by atoms with E-state index >= 15 is 0 Å². The predicted molar refractivity (Wildman–Crippen MR) is 76.8 cm³/mol. The number of hydrogen-bond donors (Lipinski definition) is 3. The lowest BCUT2D eigenvalue weighted by Gasteiger charge is -2.16. The van der Waals surface area contributed by atoms with Gasteiger partial charge < -0.3 is 10.4 Å². The minimum Gasteiger partial charge on any atom is -0.481 e. The smallest absolute Gasteiger partial charge is 0.312 e.